The molecule has 9 aromatic rings. The largest absolute Gasteiger partial charge is 0.438 e. The summed E-state index contributed by atoms with van der Waals surface area (Å²) in [5.41, 5.74) is 6.63. The molecule has 0 saturated heterocycles. The van der Waals surface area contributed by atoms with Crippen LogP contribution < -0.4 is 5.32 Å². The van der Waals surface area contributed by atoms with E-state index in [0.717, 1.165) is 44.4 Å². The van der Waals surface area contributed by atoms with Gasteiger partial charge in [0.05, 0.1) is 5.39 Å². The van der Waals surface area contributed by atoms with Crippen molar-refractivity contribution in [2.75, 3.05) is 0 Å². The normalized spacial score (nSPS) is 14.9. The second kappa shape index (κ2) is 10.7. The van der Waals surface area contributed by atoms with Gasteiger partial charge >= 0.3 is 0 Å². The number of nitrogens with one attached hydrogen (secondary N) is 1. The number of nitrogens with zero attached hydrogens (tertiary/aromatic N) is 3. The van der Waals surface area contributed by atoms with Gasteiger partial charge in [-0.25, -0.2) is 15.0 Å². The summed E-state index contributed by atoms with van der Waals surface area (Å²) < 4.78 is 9.05. The predicted molar refractivity (Wildman–Crippen MR) is 199 cm³/mol. The highest BCUT2D eigenvalue weighted by Gasteiger charge is 2.24. The van der Waals surface area contributed by atoms with E-state index in [1.54, 1.807) is 6.20 Å². The van der Waals surface area contributed by atoms with Gasteiger partial charge in [-0.15, -0.1) is 11.3 Å². The Hall–Kier alpha value is -6.11. The Bertz CT molecular complexity index is 2760. The molecule has 5 nitrogen and oxygen atoms in total. The smallest absolute Gasteiger partial charge is 0.228 e. The van der Waals surface area contributed by atoms with Gasteiger partial charge in [0.2, 0.25) is 5.71 Å². The van der Waals surface area contributed by atoms with Crippen LogP contribution in [-0.4, -0.2) is 16.7 Å². The van der Waals surface area contributed by atoms with Crippen molar-refractivity contribution in [3.05, 3.63) is 162 Å². The van der Waals surface area contributed by atoms with Gasteiger partial charge in [-0.3, -0.25) is 0 Å². The van der Waals surface area contributed by atoms with Crippen LogP contribution in [-0.2, 0) is 0 Å². The molecule has 0 bridgehead atoms. The number of furan rings is 1. The maximum absolute atomic E-state index is 6.48. The number of pyridine rings is 1. The molecule has 0 spiro atoms. The van der Waals surface area contributed by atoms with Crippen LogP contribution in [0, 0.1) is 0 Å². The summed E-state index contributed by atoms with van der Waals surface area (Å²) in [6.45, 7) is 0. The summed E-state index contributed by atoms with van der Waals surface area (Å²) in [5, 5.41) is 10.7. The lowest BCUT2D eigenvalue weighted by molar-refractivity contribution is 0.653. The molecule has 0 saturated carbocycles. The predicted octanol–water partition coefficient (Wildman–Crippen LogP) is 10.7. The first-order chi connectivity index (χ1) is 23.8. The third-order valence-electron chi connectivity index (χ3n) is 9.22. The van der Waals surface area contributed by atoms with Crippen molar-refractivity contribution in [3.8, 4) is 11.1 Å². The molecule has 0 radical (unpaired) electrons. The Labute approximate surface area is 279 Å². The topological polar surface area (TPSA) is 62.8 Å². The van der Waals surface area contributed by atoms with Crippen LogP contribution in [0.5, 0.6) is 0 Å². The molecule has 1 aliphatic heterocycles. The van der Waals surface area contributed by atoms with Crippen LogP contribution in [0.2, 0.25) is 0 Å². The number of hydrogen-bond donors (Lipinski definition) is 1. The van der Waals surface area contributed by atoms with E-state index in [4.69, 9.17) is 14.4 Å². The Morgan fingerprint density at radius 3 is 2.33 bits per heavy atom. The third-order valence-corrected chi connectivity index (χ3v) is 10.4. The van der Waals surface area contributed by atoms with E-state index >= 15 is 0 Å². The first kappa shape index (κ1) is 27.0. The van der Waals surface area contributed by atoms with Gasteiger partial charge in [0.1, 0.15) is 17.6 Å². The summed E-state index contributed by atoms with van der Waals surface area (Å²) in [7, 11) is 0. The van der Waals surface area contributed by atoms with Gasteiger partial charge < -0.3 is 9.73 Å². The number of aromatic nitrogens is 1. The lowest BCUT2D eigenvalue weighted by Gasteiger charge is -2.23. The number of rotatable bonds is 4. The van der Waals surface area contributed by atoms with Crippen LogP contribution in [0.25, 0.3) is 64.1 Å². The van der Waals surface area contributed by atoms with E-state index < -0.39 is 0 Å². The van der Waals surface area contributed by atoms with Gasteiger partial charge in [0, 0.05) is 42.9 Å². The van der Waals surface area contributed by atoms with Crippen LogP contribution in [0.15, 0.2) is 160 Å². The maximum Gasteiger partial charge on any atom is 0.228 e. The highest BCUT2D eigenvalue weighted by molar-refractivity contribution is 7.26. The highest BCUT2D eigenvalue weighted by atomic mass is 32.1. The Kier molecular flexibility index (Phi) is 6.04. The molecule has 226 valence electrons. The zero-order valence-electron chi connectivity index (χ0n) is 25.6. The molecule has 1 atom stereocenters. The Balaban J connectivity index is 1.12. The quantitative estimate of drug-likeness (QED) is 0.210. The van der Waals surface area contributed by atoms with Crippen molar-refractivity contribution >= 4 is 76.0 Å². The van der Waals surface area contributed by atoms with E-state index in [-0.39, 0.29) is 6.17 Å². The summed E-state index contributed by atoms with van der Waals surface area (Å²) >= 11 is 1.85. The monoisotopic (exact) mass is 634 g/mol. The fourth-order valence-corrected chi connectivity index (χ4v) is 8.22. The molecule has 1 N–H and O–H groups in total. The van der Waals surface area contributed by atoms with Gasteiger partial charge in [0.15, 0.2) is 5.84 Å². The van der Waals surface area contributed by atoms with E-state index in [1.165, 1.54) is 36.5 Å². The van der Waals surface area contributed by atoms with Crippen LogP contribution in [0.3, 0.4) is 0 Å². The molecular formula is C42H26N4OS. The van der Waals surface area contributed by atoms with Gasteiger partial charge in [-0.1, -0.05) is 115 Å². The van der Waals surface area contributed by atoms with Crippen molar-refractivity contribution in [3.63, 3.8) is 0 Å². The Morgan fingerprint density at radius 2 is 1.44 bits per heavy atom. The molecule has 48 heavy (non-hydrogen) atoms. The summed E-state index contributed by atoms with van der Waals surface area (Å²) in [5.74, 6) is 1.42. The number of amidine groups is 2. The summed E-state index contributed by atoms with van der Waals surface area (Å²) in [6, 6.07) is 48.6. The van der Waals surface area contributed by atoms with Crippen LogP contribution >= 0.6 is 11.3 Å². The molecule has 1 unspecified atom stereocenters. The first-order valence-electron chi connectivity index (χ1n) is 16.0. The average molecular weight is 635 g/mol. The standard InChI is InChI=1S/C42H26N4OS/c1-3-11-26(12-4-1)39-44-40(27-13-5-2-6-14-27)46-41(45-39)33-22-23-43-42-37(33)31-20-18-28(24-34(31)47-42)30-16-9-17-32-36-29-15-8-7-10-25(29)19-21-35(36)48-38(30)32/h1-24,39H,(H,44,45,46). The second-order valence-corrected chi connectivity index (χ2v) is 13.1. The average Bonchev–Trinajstić information content (AvgIpc) is 3.74. The maximum atomic E-state index is 6.48. The molecule has 0 fully saturated rings. The second-order valence-electron chi connectivity index (χ2n) is 12.0. The molecular weight excluding hydrogens is 609 g/mol. The fraction of sp³-hybridized carbons (Fsp3) is 0.0238. The van der Waals surface area contributed by atoms with Crippen molar-refractivity contribution in [2.45, 2.75) is 6.17 Å². The molecule has 6 heteroatoms. The van der Waals surface area contributed by atoms with Crippen molar-refractivity contribution in [1.82, 2.24) is 10.3 Å². The summed E-state index contributed by atoms with van der Waals surface area (Å²) in [4.78, 5) is 14.7. The lowest BCUT2D eigenvalue weighted by atomic mass is 9.99. The van der Waals surface area contributed by atoms with Gasteiger partial charge in [0.25, 0.3) is 0 Å². The van der Waals surface area contributed by atoms with E-state index in [9.17, 15) is 0 Å². The molecule has 1 aliphatic rings. The Morgan fingerprint density at radius 1 is 0.625 bits per heavy atom. The van der Waals surface area contributed by atoms with Crippen LogP contribution in [0.1, 0.15) is 22.9 Å². The van der Waals surface area contributed by atoms with Gasteiger partial charge in [-0.2, -0.15) is 0 Å². The summed E-state index contributed by atoms with van der Waals surface area (Å²) in [6.07, 6.45) is 1.50. The van der Waals surface area contributed by atoms with E-state index in [0.29, 0.717) is 11.5 Å². The number of benzene rings is 6. The molecule has 10 rings (SSSR count). The minimum Gasteiger partial charge on any atom is -0.438 e. The number of thiophene rings is 1. The molecule has 4 heterocycles. The van der Waals surface area contributed by atoms with Crippen molar-refractivity contribution < 1.29 is 4.42 Å². The minimum atomic E-state index is -0.291. The molecule has 3 aromatic heterocycles. The van der Waals surface area contributed by atoms with Crippen LogP contribution in [0.4, 0.5) is 0 Å². The minimum absolute atomic E-state index is 0.291. The molecule has 6 aromatic carbocycles. The lowest BCUT2D eigenvalue weighted by Crippen LogP contribution is -2.33. The highest BCUT2D eigenvalue weighted by Crippen LogP contribution is 2.43. The molecule has 0 amide bonds. The first-order valence-corrected chi connectivity index (χ1v) is 16.8. The van der Waals surface area contributed by atoms with E-state index in [1.807, 2.05) is 65.9 Å². The number of fused-ring (bicyclic) bond motifs is 8. The van der Waals surface area contributed by atoms with Gasteiger partial charge in [-0.05, 0) is 51.7 Å². The fourth-order valence-electron chi connectivity index (χ4n) is 6.97. The number of hydrogen-bond acceptors (Lipinski definition) is 6. The van der Waals surface area contributed by atoms with Crippen molar-refractivity contribution in [1.29, 1.82) is 0 Å². The zero-order valence-corrected chi connectivity index (χ0v) is 26.4. The molecule has 0 aliphatic carbocycles. The number of aliphatic imine (C=N–C) groups is 2. The zero-order chi connectivity index (χ0) is 31.6. The van der Waals surface area contributed by atoms with E-state index in [2.05, 4.69) is 95.2 Å². The van der Waals surface area contributed by atoms with Crippen molar-refractivity contribution in [2.24, 2.45) is 9.98 Å². The SMILES string of the molecule is c1ccc(C2=NC(c3ccccc3)NC(c3ccnc4oc5cc(-c6cccc7c6sc6ccc8ccccc8c67)ccc5c34)=N2)cc1. The third kappa shape index (κ3) is 4.27.